The van der Waals surface area contributed by atoms with E-state index in [0.29, 0.717) is 13.2 Å². The summed E-state index contributed by atoms with van der Waals surface area (Å²) in [6.07, 6.45) is -0.479. The Hall–Kier alpha value is -2.40. The number of fused-ring (bicyclic) bond motifs is 1. The minimum absolute atomic E-state index is 0.322. The quantitative estimate of drug-likeness (QED) is 0.686. The lowest BCUT2D eigenvalue weighted by molar-refractivity contribution is 0.0446. The molecule has 4 heteroatoms. The van der Waals surface area contributed by atoms with Gasteiger partial charge in [-0.15, -0.1) is 0 Å². The van der Waals surface area contributed by atoms with E-state index in [1.54, 1.807) is 0 Å². The van der Waals surface area contributed by atoms with Crippen LogP contribution in [0.4, 0.5) is 0 Å². The predicted octanol–water partition coefficient (Wildman–Crippen LogP) is 3.40. The van der Waals surface area contributed by atoms with Crippen molar-refractivity contribution in [2.75, 3.05) is 39.3 Å². The maximum atomic E-state index is 10.4. The fourth-order valence-corrected chi connectivity index (χ4v) is 3.77. The summed E-state index contributed by atoms with van der Waals surface area (Å²) in [4.78, 5) is 4.81. The maximum Gasteiger partial charge on any atom is 0.120 e. The minimum atomic E-state index is -0.479. The average Bonchev–Trinajstić information content (AvgIpc) is 2.74. The summed E-state index contributed by atoms with van der Waals surface area (Å²) in [5.74, 6) is 0.811. The number of hydrogen-bond donors (Lipinski definition) is 1. The zero-order chi connectivity index (χ0) is 19.2. The van der Waals surface area contributed by atoms with E-state index in [4.69, 9.17) is 4.74 Å². The highest BCUT2D eigenvalue weighted by Crippen LogP contribution is 2.20. The maximum absolute atomic E-state index is 10.4. The van der Waals surface area contributed by atoms with Crippen molar-refractivity contribution in [3.05, 3.63) is 78.4 Å². The van der Waals surface area contributed by atoms with E-state index in [0.717, 1.165) is 43.9 Å². The molecular weight excluding hydrogens is 348 g/mol. The second kappa shape index (κ2) is 9.20. The lowest BCUT2D eigenvalue weighted by atomic mass is 10.1. The number of benzene rings is 3. The Bertz CT molecular complexity index is 876. The zero-order valence-electron chi connectivity index (χ0n) is 16.2. The SMILES string of the molecule is OC(COc1ccc2ccccc2c1)CN1CCN(Cc2ccccc2)CC1. The van der Waals surface area contributed by atoms with Crippen LogP contribution in [0.5, 0.6) is 5.75 Å². The number of aliphatic hydroxyl groups is 1. The standard InChI is InChI=1S/C24H28N2O2/c27-23(19-28-24-11-10-21-8-4-5-9-22(21)16-24)18-26-14-12-25(13-15-26)17-20-6-2-1-3-7-20/h1-11,16,23,27H,12-15,17-19H2. The number of nitrogens with zero attached hydrogens (tertiary/aromatic N) is 2. The topological polar surface area (TPSA) is 35.9 Å². The van der Waals surface area contributed by atoms with Crippen LogP contribution in [0.1, 0.15) is 5.56 Å². The van der Waals surface area contributed by atoms with Crippen LogP contribution in [0, 0.1) is 0 Å². The van der Waals surface area contributed by atoms with Gasteiger partial charge >= 0.3 is 0 Å². The Balaban J connectivity index is 1.20. The third-order valence-electron chi connectivity index (χ3n) is 5.35. The van der Waals surface area contributed by atoms with Crippen molar-refractivity contribution in [2.45, 2.75) is 12.6 Å². The van der Waals surface area contributed by atoms with E-state index in [-0.39, 0.29) is 0 Å². The number of rotatable bonds is 7. The molecule has 146 valence electrons. The first-order chi connectivity index (χ1) is 13.8. The van der Waals surface area contributed by atoms with E-state index < -0.39 is 6.10 Å². The second-order valence-corrected chi connectivity index (χ2v) is 7.54. The molecule has 1 unspecified atom stereocenters. The first-order valence-corrected chi connectivity index (χ1v) is 10.0. The fraction of sp³-hybridized carbons (Fsp3) is 0.333. The van der Waals surface area contributed by atoms with Gasteiger partial charge in [0.05, 0.1) is 0 Å². The Morgan fingerprint density at radius 2 is 1.46 bits per heavy atom. The Morgan fingerprint density at radius 1 is 0.786 bits per heavy atom. The van der Waals surface area contributed by atoms with Gasteiger partial charge in [-0.05, 0) is 28.5 Å². The number of β-amino-alcohol motifs (C(OH)–C–C–N with tert-alkyl or cyclic N) is 1. The molecule has 4 rings (SSSR count). The van der Waals surface area contributed by atoms with Gasteiger partial charge < -0.3 is 9.84 Å². The summed E-state index contributed by atoms with van der Waals surface area (Å²) in [5, 5.41) is 12.8. The molecule has 0 radical (unpaired) electrons. The Morgan fingerprint density at radius 3 is 2.25 bits per heavy atom. The molecule has 1 aliphatic rings. The molecule has 3 aromatic rings. The monoisotopic (exact) mass is 376 g/mol. The van der Waals surface area contributed by atoms with Crippen molar-refractivity contribution >= 4 is 10.8 Å². The van der Waals surface area contributed by atoms with Crippen LogP contribution in [-0.4, -0.2) is 60.3 Å². The third kappa shape index (κ3) is 5.10. The molecular formula is C24H28N2O2. The van der Waals surface area contributed by atoms with Gasteiger partial charge in [-0.25, -0.2) is 0 Å². The number of hydrogen-bond acceptors (Lipinski definition) is 4. The van der Waals surface area contributed by atoms with Crippen molar-refractivity contribution in [2.24, 2.45) is 0 Å². The van der Waals surface area contributed by atoms with Gasteiger partial charge in [0.1, 0.15) is 18.5 Å². The van der Waals surface area contributed by atoms with Crippen molar-refractivity contribution in [1.82, 2.24) is 9.80 Å². The second-order valence-electron chi connectivity index (χ2n) is 7.54. The molecule has 1 saturated heterocycles. The van der Waals surface area contributed by atoms with E-state index in [2.05, 4.69) is 58.3 Å². The fourth-order valence-electron chi connectivity index (χ4n) is 3.77. The summed E-state index contributed by atoms with van der Waals surface area (Å²) in [5.41, 5.74) is 1.36. The molecule has 1 fully saturated rings. The first-order valence-electron chi connectivity index (χ1n) is 10.0. The molecule has 0 saturated carbocycles. The first kappa shape index (κ1) is 18.9. The molecule has 0 amide bonds. The van der Waals surface area contributed by atoms with Crippen molar-refractivity contribution in [3.8, 4) is 5.75 Å². The van der Waals surface area contributed by atoms with Gasteiger partial charge in [-0.3, -0.25) is 9.80 Å². The van der Waals surface area contributed by atoms with Crippen molar-refractivity contribution in [3.63, 3.8) is 0 Å². The van der Waals surface area contributed by atoms with E-state index in [1.165, 1.54) is 10.9 Å². The average molecular weight is 377 g/mol. The third-order valence-corrected chi connectivity index (χ3v) is 5.35. The zero-order valence-corrected chi connectivity index (χ0v) is 16.2. The van der Waals surface area contributed by atoms with Crippen LogP contribution in [0.25, 0.3) is 10.8 Å². The summed E-state index contributed by atoms with van der Waals surface area (Å²) >= 11 is 0. The van der Waals surface area contributed by atoms with E-state index in [1.807, 2.05) is 24.3 Å². The summed E-state index contributed by atoms with van der Waals surface area (Å²) < 4.78 is 5.83. The molecule has 0 aromatic heterocycles. The minimum Gasteiger partial charge on any atom is -0.491 e. The van der Waals surface area contributed by atoms with E-state index >= 15 is 0 Å². The largest absolute Gasteiger partial charge is 0.491 e. The van der Waals surface area contributed by atoms with Gasteiger partial charge in [-0.2, -0.15) is 0 Å². The van der Waals surface area contributed by atoms with Crippen LogP contribution in [-0.2, 0) is 6.54 Å². The van der Waals surface area contributed by atoms with Crippen molar-refractivity contribution < 1.29 is 9.84 Å². The van der Waals surface area contributed by atoms with Gasteiger partial charge in [0, 0.05) is 39.3 Å². The van der Waals surface area contributed by atoms with Gasteiger partial charge in [-0.1, -0.05) is 60.7 Å². The summed E-state index contributed by atoms with van der Waals surface area (Å²) in [6.45, 7) is 6.03. The van der Waals surface area contributed by atoms with Gasteiger partial charge in [0.15, 0.2) is 0 Å². The molecule has 1 heterocycles. The van der Waals surface area contributed by atoms with Crippen LogP contribution in [0.3, 0.4) is 0 Å². The summed E-state index contributed by atoms with van der Waals surface area (Å²) in [7, 11) is 0. The van der Waals surface area contributed by atoms with Crippen LogP contribution in [0.2, 0.25) is 0 Å². The van der Waals surface area contributed by atoms with Crippen LogP contribution >= 0.6 is 0 Å². The molecule has 1 N–H and O–H groups in total. The highest BCUT2D eigenvalue weighted by Gasteiger charge is 2.19. The lowest BCUT2D eigenvalue weighted by Crippen LogP contribution is -2.48. The molecule has 28 heavy (non-hydrogen) atoms. The summed E-state index contributed by atoms with van der Waals surface area (Å²) in [6, 6.07) is 24.9. The lowest BCUT2D eigenvalue weighted by Gasteiger charge is -2.35. The molecule has 1 atom stereocenters. The highest BCUT2D eigenvalue weighted by molar-refractivity contribution is 5.83. The molecule has 3 aromatic carbocycles. The van der Waals surface area contributed by atoms with Crippen LogP contribution < -0.4 is 4.74 Å². The molecule has 0 spiro atoms. The molecule has 4 nitrogen and oxygen atoms in total. The van der Waals surface area contributed by atoms with Crippen molar-refractivity contribution in [1.29, 1.82) is 0 Å². The van der Waals surface area contributed by atoms with Gasteiger partial charge in [0.25, 0.3) is 0 Å². The molecule has 1 aliphatic heterocycles. The Labute approximate surface area is 167 Å². The normalized spacial score (nSPS) is 16.9. The predicted molar refractivity (Wildman–Crippen MR) is 114 cm³/mol. The van der Waals surface area contributed by atoms with E-state index in [9.17, 15) is 5.11 Å². The molecule has 0 aliphatic carbocycles. The van der Waals surface area contributed by atoms with Gasteiger partial charge in [0.2, 0.25) is 0 Å². The molecule has 0 bridgehead atoms. The number of ether oxygens (including phenoxy) is 1. The smallest absolute Gasteiger partial charge is 0.120 e. The number of aliphatic hydroxyl groups excluding tert-OH is 1. The Kier molecular flexibility index (Phi) is 6.22. The number of piperazine rings is 1. The highest BCUT2D eigenvalue weighted by atomic mass is 16.5. The van der Waals surface area contributed by atoms with Crippen LogP contribution in [0.15, 0.2) is 72.8 Å².